The van der Waals surface area contributed by atoms with E-state index in [1.54, 1.807) is 14.2 Å². The van der Waals surface area contributed by atoms with E-state index >= 15 is 0 Å². The molecule has 0 aliphatic heterocycles. The molecule has 2 N–H and O–H groups in total. The minimum Gasteiger partial charge on any atom is -0.493 e. The van der Waals surface area contributed by atoms with Crippen LogP contribution in [0.3, 0.4) is 0 Å². The molecule has 0 bridgehead atoms. The van der Waals surface area contributed by atoms with Gasteiger partial charge in [0.25, 0.3) is 0 Å². The number of ether oxygens (including phenoxy) is 2. The first-order chi connectivity index (χ1) is 15.6. The zero-order chi connectivity index (χ0) is 22.5. The van der Waals surface area contributed by atoms with Gasteiger partial charge >= 0.3 is 0 Å². The fourth-order valence-electron chi connectivity index (χ4n) is 3.87. The van der Waals surface area contributed by atoms with Crippen LogP contribution in [0.2, 0.25) is 5.02 Å². The predicted octanol–water partition coefficient (Wildman–Crippen LogP) is 6.79. The number of hydrogen-bond donors (Lipinski definition) is 2. The number of aliphatic hydroxyl groups is 1. The number of methoxy groups -OCH3 is 2. The zero-order valence-electron chi connectivity index (χ0n) is 18.1. The molecule has 0 radical (unpaired) electrons. The Labute approximate surface area is 193 Å². The van der Waals surface area contributed by atoms with Gasteiger partial charge in [0.15, 0.2) is 11.5 Å². The molecule has 0 aliphatic rings. The second kappa shape index (κ2) is 9.94. The van der Waals surface area contributed by atoms with Gasteiger partial charge in [-0.1, -0.05) is 54.1 Å². The van der Waals surface area contributed by atoms with Crippen LogP contribution in [0.1, 0.15) is 29.7 Å². The minimum atomic E-state index is -0.655. The van der Waals surface area contributed by atoms with Gasteiger partial charge < -0.3 is 19.9 Å². The van der Waals surface area contributed by atoms with Gasteiger partial charge in [-0.3, -0.25) is 0 Å². The molecular weight excluding hydrogens is 422 g/mol. The van der Waals surface area contributed by atoms with Gasteiger partial charge in [-0.15, -0.1) is 0 Å². The topological polar surface area (TPSA) is 50.7 Å². The van der Waals surface area contributed by atoms with Crippen molar-refractivity contribution in [2.24, 2.45) is 0 Å². The van der Waals surface area contributed by atoms with Crippen LogP contribution in [-0.4, -0.2) is 19.3 Å². The van der Waals surface area contributed by atoms with Crippen molar-refractivity contribution in [1.82, 2.24) is 0 Å². The lowest BCUT2D eigenvalue weighted by atomic mass is 9.94. The van der Waals surface area contributed by atoms with Crippen LogP contribution < -0.4 is 14.8 Å². The van der Waals surface area contributed by atoms with Gasteiger partial charge in [0, 0.05) is 17.1 Å². The van der Waals surface area contributed by atoms with Crippen molar-refractivity contribution in [1.29, 1.82) is 0 Å². The Kier molecular flexibility index (Phi) is 6.84. The molecule has 0 spiro atoms. The molecule has 0 aliphatic carbocycles. The molecule has 4 nitrogen and oxygen atoms in total. The van der Waals surface area contributed by atoms with Gasteiger partial charge in [0.05, 0.1) is 26.4 Å². The summed E-state index contributed by atoms with van der Waals surface area (Å²) in [6.07, 6.45) is -0.186. The number of halogens is 1. The Morgan fingerprint density at radius 2 is 1.47 bits per heavy atom. The maximum absolute atomic E-state index is 11.1. The molecule has 0 aromatic heterocycles. The molecule has 0 saturated carbocycles. The molecule has 4 rings (SSSR count). The van der Waals surface area contributed by atoms with Crippen molar-refractivity contribution in [3.8, 4) is 11.5 Å². The molecule has 164 valence electrons. The third-order valence-corrected chi connectivity index (χ3v) is 5.86. The highest BCUT2D eigenvalue weighted by atomic mass is 35.5. The van der Waals surface area contributed by atoms with E-state index in [0.717, 1.165) is 27.6 Å². The molecule has 0 heterocycles. The van der Waals surface area contributed by atoms with Crippen molar-refractivity contribution in [2.45, 2.75) is 18.6 Å². The first-order valence-electron chi connectivity index (χ1n) is 10.5. The smallest absolute Gasteiger partial charge is 0.161 e. The third-order valence-electron chi connectivity index (χ3n) is 5.61. The molecule has 32 heavy (non-hydrogen) atoms. The van der Waals surface area contributed by atoms with Crippen molar-refractivity contribution in [3.05, 3.63) is 101 Å². The van der Waals surface area contributed by atoms with E-state index in [2.05, 4.69) is 17.4 Å². The Morgan fingerprint density at radius 1 is 0.781 bits per heavy atom. The van der Waals surface area contributed by atoms with Crippen LogP contribution in [0.15, 0.2) is 84.9 Å². The second-order valence-electron chi connectivity index (χ2n) is 7.68. The van der Waals surface area contributed by atoms with Gasteiger partial charge in [-0.25, -0.2) is 0 Å². The van der Waals surface area contributed by atoms with E-state index in [9.17, 15) is 5.11 Å². The summed E-state index contributed by atoms with van der Waals surface area (Å²) in [7, 11) is 3.23. The molecule has 0 saturated heterocycles. The summed E-state index contributed by atoms with van der Waals surface area (Å²) in [4.78, 5) is 0. The van der Waals surface area contributed by atoms with Crippen molar-refractivity contribution in [2.75, 3.05) is 19.5 Å². The van der Waals surface area contributed by atoms with Crippen LogP contribution in [0.25, 0.3) is 10.8 Å². The lowest BCUT2D eigenvalue weighted by Crippen LogP contribution is -2.15. The lowest BCUT2D eigenvalue weighted by Gasteiger charge is -2.24. The summed E-state index contributed by atoms with van der Waals surface area (Å²) in [5.41, 5.74) is 2.78. The Hall–Kier alpha value is -3.21. The fourth-order valence-corrected chi connectivity index (χ4v) is 4.00. The maximum atomic E-state index is 11.1. The summed E-state index contributed by atoms with van der Waals surface area (Å²) in [5, 5.41) is 17.6. The lowest BCUT2D eigenvalue weighted by molar-refractivity contribution is 0.161. The highest BCUT2D eigenvalue weighted by molar-refractivity contribution is 6.30. The summed E-state index contributed by atoms with van der Waals surface area (Å²) < 4.78 is 10.9. The van der Waals surface area contributed by atoms with Crippen LogP contribution in [0.5, 0.6) is 11.5 Å². The number of aliphatic hydroxyl groups excluding tert-OH is 1. The largest absolute Gasteiger partial charge is 0.493 e. The van der Waals surface area contributed by atoms with E-state index in [0.29, 0.717) is 22.9 Å². The van der Waals surface area contributed by atoms with Gasteiger partial charge in [-0.05, 0) is 64.4 Å². The summed E-state index contributed by atoms with van der Waals surface area (Å²) >= 11 is 6.05. The third kappa shape index (κ3) is 4.98. The molecule has 0 fully saturated rings. The molecule has 2 unspecified atom stereocenters. The number of benzene rings is 4. The van der Waals surface area contributed by atoms with Crippen LogP contribution in [-0.2, 0) is 0 Å². The predicted molar refractivity (Wildman–Crippen MR) is 131 cm³/mol. The number of anilines is 1. The first kappa shape index (κ1) is 22.0. The SMILES string of the molecule is COc1ccc(C(CC(O)c2ccc3ccccc3c2)Nc2ccc(Cl)cc2)cc1OC. The zero-order valence-corrected chi connectivity index (χ0v) is 18.8. The molecule has 2 atom stereocenters. The maximum Gasteiger partial charge on any atom is 0.161 e. The average Bonchev–Trinajstić information content (AvgIpc) is 2.84. The fraction of sp³-hybridized carbons (Fsp3) is 0.185. The number of fused-ring (bicyclic) bond motifs is 1. The standard InChI is InChI=1S/C27H26ClNO3/c1-31-26-14-9-20(16-27(26)32-2)24(29-23-12-10-22(28)11-13-23)17-25(30)21-8-7-18-5-3-4-6-19(18)15-21/h3-16,24-25,29-30H,17H2,1-2H3. The minimum absolute atomic E-state index is 0.169. The van der Waals surface area contributed by atoms with E-state index in [4.69, 9.17) is 21.1 Å². The summed E-state index contributed by atoms with van der Waals surface area (Å²) in [6, 6.07) is 27.4. The monoisotopic (exact) mass is 447 g/mol. The van der Waals surface area contributed by atoms with Crippen LogP contribution in [0, 0.1) is 0 Å². The molecule has 0 amide bonds. The number of hydrogen-bond acceptors (Lipinski definition) is 4. The van der Waals surface area contributed by atoms with E-state index in [1.807, 2.05) is 72.8 Å². The Balaban J connectivity index is 1.65. The Morgan fingerprint density at radius 3 is 2.19 bits per heavy atom. The van der Waals surface area contributed by atoms with Crippen molar-refractivity contribution < 1.29 is 14.6 Å². The molecule has 5 heteroatoms. The van der Waals surface area contributed by atoms with E-state index in [-0.39, 0.29) is 6.04 Å². The Bertz CT molecular complexity index is 1190. The second-order valence-corrected chi connectivity index (χ2v) is 8.11. The number of nitrogens with one attached hydrogen (secondary N) is 1. The normalized spacial score (nSPS) is 12.9. The van der Waals surface area contributed by atoms with E-state index in [1.165, 1.54) is 0 Å². The van der Waals surface area contributed by atoms with Gasteiger partial charge in [0.1, 0.15) is 0 Å². The highest BCUT2D eigenvalue weighted by Crippen LogP contribution is 2.35. The first-order valence-corrected chi connectivity index (χ1v) is 10.9. The van der Waals surface area contributed by atoms with Crippen LogP contribution in [0.4, 0.5) is 5.69 Å². The van der Waals surface area contributed by atoms with Crippen LogP contribution >= 0.6 is 11.6 Å². The quantitative estimate of drug-likeness (QED) is 0.312. The molecule has 4 aromatic carbocycles. The number of rotatable bonds is 8. The van der Waals surface area contributed by atoms with Crippen molar-refractivity contribution in [3.63, 3.8) is 0 Å². The highest BCUT2D eigenvalue weighted by Gasteiger charge is 2.20. The molecular formula is C27H26ClNO3. The summed E-state index contributed by atoms with van der Waals surface area (Å²) in [6.45, 7) is 0. The van der Waals surface area contributed by atoms with Gasteiger partial charge in [-0.2, -0.15) is 0 Å². The molecule has 4 aromatic rings. The van der Waals surface area contributed by atoms with Gasteiger partial charge in [0.2, 0.25) is 0 Å². The van der Waals surface area contributed by atoms with E-state index < -0.39 is 6.10 Å². The summed E-state index contributed by atoms with van der Waals surface area (Å²) in [5.74, 6) is 1.31. The van der Waals surface area contributed by atoms with Crippen molar-refractivity contribution >= 4 is 28.1 Å². The average molecular weight is 448 g/mol.